The van der Waals surface area contributed by atoms with Crippen LogP contribution in [0.3, 0.4) is 0 Å². The van der Waals surface area contributed by atoms with Crippen molar-refractivity contribution in [2.75, 3.05) is 0 Å². The van der Waals surface area contributed by atoms with E-state index >= 15 is 0 Å². The lowest BCUT2D eigenvalue weighted by Gasteiger charge is -2.31. The number of rotatable bonds is 6. The lowest BCUT2D eigenvalue weighted by Crippen LogP contribution is -2.24. The normalized spacial score (nSPS) is 33.4. The summed E-state index contributed by atoms with van der Waals surface area (Å²) < 4.78 is 5.48. The molecule has 0 aromatic rings. The highest BCUT2D eigenvalue weighted by molar-refractivity contribution is 5.71. The molecule has 0 aliphatic heterocycles. The predicted molar refractivity (Wildman–Crippen MR) is 87.0 cm³/mol. The molecule has 0 heterocycles. The molecule has 2 fully saturated rings. The zero-order chi connectivity index (χ0) is 15.1. The predicted octanol–water partition coefficient (Wildman–Crippen LogP) is 5.27. The summed E-state index contributed by atoms with van der Waals surface area (Å²) in [7, 11) is 0. The first-order valence-electron chi connectivity index (χ1n) is 8.97. The van der Waals surface area contributed by atoms with Crippen molar-refractivity contribution in [2.24, 2.45) is 17.8 Å². The number of hydrogen-bond acceptors (Lipinski definition) is 2. The lowest BCUT2D eigenvalue weighted by molar-refractivity contribution is -0.149. The second-order valence-corrected chi connectivity index (χ2v) is 7.33. The van der Waals surface area contributed by atoms with Gasteiger partial charge in [-0.25, -0.2) is 0 Å². The van der Waals surface area contributed by atoms with E-state index in [0.29, 0.717) is 6.42 Å². The number of carbonyl (C=O) groups excluding carboxylic acids is 1. The molecule has 2 aliphatic rings. The molecule has 2 aliphatic carbocycles. The van der Waals surface area contributed by atoms with E-state index in [9.17, 15) is 4.79 Å². The topological polar surface area (TPSA) is 26.3 Å². The van der Waals surface area contributed by atoms with Gasteiger partial charge in [0.2, 0.25) is 0 Å². The van der Waals surface area contributed by atoms with Crippen LogP contribution in [0.2, 0.25) is 0 Å². The molecule has 0 aromatic carbocycles. The molecule has 2 saturated carbocycles. The largest absolute Gasteiger partial charge is 0.462 e. The third-order valence-electron chi connectivity index (χ3n) is 5.52. The van der Waals surface area contributed by atoms with E-state index in [0.717, 1.165) is 30.6 Å². The van der Waals surface area contributed by atoms with Gasteiger partial charge in [-0.3, -0.25) is 4.79 Å². The van der Waals surface area contributed by atoms with Crippen LogP contribution in [-0.4, -0.2) is 12.1 Å². The highest BCUT2D eigenvalue weighted by atomic mass is 16.5. The summed E-state index contributed by atoms with van der Waals surface area (Å²) >= 11 is 0. The molecular formula is C19H32O2. The highest BCUT2D eigenvalue weighted by Gasteiger charge is 2.25. The first-order valence-corrected chi connectivity index (χ1v) is 8.97. The Kier molecular flexibility index (Phi) is 6.79. The third kappa shape index (κ3) is 5.84. The zero-order valence-electron chi connectivity index (χ0n) is 13.7. The van der Waals surface area contributed by atoms with Crippen molar-refractivity contribution < 1.29 is 9.53 Å². The van der Waals surface area contributed by atoms with Crippen molar-refractivity contribution in [3.63, 3.8) is 0 Å². The fraction of sp³-hybridized carbons (Fsp3) is 0.842. The van der Waals surface area contributed by atoms with Crippen LogP contribution in [0.4, 0.5) is 0 Å². The average Bonchev–Trinajstić information content (AvgIpc) is 2.48. The summed E-state index contributed by atoms with van der Waals surface area (Å²) in [6, 6.07) is 0. The van der Waals surface area contributed by atoms with E-state index in [-0.39, 0.29) is 12.1 Å². The maximum absolute atomic E-state index is 11.5. The summed E-state index contributed by atoms with van der Waals surface area (Å²) in [5.74, 6) is 2.72. The van der Waals surface area contributed by atoms with Gasteiger partial charge in [0.15, 0.2) is 0 Å². The molecular weight excluding hydrogens is 260 g/mol. The molecule has 2 rings (SSSR count). The van der Waals surface area contributed by atoms with Gasteiger partial charge in [0.25, 0.3) is 0 Å². The van der Waals surface area contributed by atoms with Crippen molar-refractivity contribution in [3.05, 3.63) is 12.7 Å². The number of carbonyl (C=O) groups is 1. The Morgan fingerprint density at radius 1 is 1.00 bits per heavy atom. The Hall–Kier alpha value is -0.790. The third-order valence-corrected chi connectivity index (χ3v) is 5.52. The van der Waals surface area contributed by atoms with Gasteiger partial charge in [-0.05, 0) is 43.4 Å². The minimum absolute atomic E-state index is 0.107. The van der Waals surface area contributed by atoms with E-state index in [1.807, 2.05) is 0 Å². The SMILES string of the molecule is C=CCC(=O)OC1CCC(CC[C@H]2CC[C@H](C)CC2)CC1. The summed E-state index contributed by atoms with van der Waals surface area (Å²) in [6.45, 7) is 5.97. The summed E-state index contributed by atoms with van der Waals surface area (Å²) in [6.07, 6.45) is 15.4. The standard InChI is InChI=1S/C19H32O2/c1-3-4-19(20)21-18-13-11-17(12-14-18)10-9-16-7-5-15(2)6-8-16/h3,15-18H,1,4-14H2,2H3/t15-,16-,17?,18?. The maximum Gasteiger partial charge on any atom is 0.309 e. The molecule has 0 spiro atoms. The van der Waals surface area contributed by atoms with Crippen molar-refractivity contribution >= 4 is 5.97 Å². The number of esters is 1. The minimum Gasteiger partial charge on any atom is -0.462 e. The van der Waals surface area contributed by atoms with Crippen LogP contribution in [0.1, 0.15) is 77.6 Å². The van der Waals surface area contributed by atoms with Gasteiger partial charge in [-0.1, -0.05) is 51.5 Å². The molecule has 120 valence electrons. The van der Waals surface area contributed by atoms with E-state index in [1.165, 1.54) is 51.4 Å². The van der Waals surface area contributed by atoms with Crippen molar-refractivity contribution in [2.45, 2.75) is 83.7 Å². The molecule has 0 N–H and O–H groups in total. The zero-order valence-corrected chi connectivity index (χ0v) is 13.7. The molecule has 0 unspecified atom stereocenters. The fourth-order valence-corrected chi connectivity index (χ4v) is 3.98. The number of hydrogen-bond donors (Lipinski definition) is 0. The Bertz CT molecular complexity index is 320. The van der Waals surface area contributed by atoms with E-state index < -0.39 is 0 Å². The van der Waals surface area contributed by atoms with Crippen molar-refractivity contribution in [1.82, 2.24) is 0 Å². The molecule has 2 heteroatoms. The monoisotopic (exact) mass is 292 g/mol. The molecule has 0 bridgehead atoms. The van der Waals surface area contributed by atoms with Crippen LogP contribution >= 0.6 is 0 Å². The van der Waals surface area contributed by atoms with Gasteiger partial charge in [0.1, 0.15) is 6.10 Å². The maximum atomic E-state index is 11.5. The van der Waals surface area contributed by atoms with Crippen molar-refractivity contribution in [1.29, 1.82) is 0 Å². The van der Waals surface area contributed by atoms with E-state index in [1.54, 1.807) is 6.08 Å². The van der Waals surface area contributed by atoms with E-state index in [2.05, 4.69) is 13.5 Å². The minimum atomic E-state index is -0.107. The van der Waals surface area contributed by atoms with Crippen LogP contribution in [0.5, 0.6) is 0 Å². The molecule has 0 amide bonds. The lowest BCUT2D eigenvalue weighted by atomic mass is 9.77. The molecule has 2 nitrogen and oxygen atoms in total. The van der Waals surface area contributed by atoms with Gasteiger partial charge in [0.05, 0.1) is 6.42 Å². The van der Waals surface area contributed by atoms with Gasteiger partial charge in [-0.15, -0.1) is 6.58 Å². The van der Waals surface area contributed by atoms with Crippen LogP contribution in [-0.2, 0) is 9.53 Å². The van der Waals surface area contributed by atoms with Gasteiger partial charge < -0.3 is 4.74 Å². The Morgan fingerprint density at radius 3 is 2.05 bits per heavy atom. The smallest absolute Gasteiger partial charge is 0.309 e. The Morgan fingerprint density at radius 2 is 1.52 bits per heavy atom. The van der Waals surface area contributed by atoms with Crippen LogP contribution in [0.15, 0.2) is 12.7 Å². The van der Waals surface area contributed by atoms with Crippen LogP contribution in [0.25, 0.3) is 0 Å². The van der Waals surface area contributed by atoms with Gasteiger partial charge in [0, 0.05) is 0 Å². The van der Waals surface area contributed by atoms with Crippen LogP contribution < -0.4 is 0 Å². The summed E-state index contributed by atoms with van der Waals surface area (Å²) in [5.41, 5.74) is 0. The second-order valence-electron chi connectivity index (χ2n) is 7.33. The van der Waals surface area contributed by atoms with Crippen molar-refractivity contribution in [3.8, 4) is 0 Å². The molecule has 0 aromatic heterocycles. The van der Waals surface area contributed by atoms with Gasteiger partial charge in [-0.2, -0.15) is 0 Å². The molecule has 0 radical (unpaired) electrons. The number of ether oxygens (including phenoxy) is 1. The Balaban J connectivity index is 1.58. The first kappa shape index (κ1) is 16.6. The second kappa shape index (κ2) is 8.60. The Labute approximate surface area is 130 Å². The summed E-state index contributed by atoms with van der Waals surface area (Å²) in [4.78, 5) is 11.5. The first-order chi connectivity index (χ1) is 10.2. The highest BCUT2D eigenvalue weighted by Crippen LogP contribution is 2.35. The molecule has 0 saturated heterocycles. The van der Waals surface area contributed by atoms with Crippen LogP contribution in [0, 0.1) is 17.8 Å². The van der Waals surface area contributed by atoms with E-state index in [4.69, 9.17) is 4.74 Å². The van der Waals surface area contributed by atoms with Gasteiger partial charge >= 0.3 is 5.97 Å². The summed E-state index contributed by atoms with van der Waals surface area (Å²) in [5, 5.41) is 0. The quantitative estimate of drug-likeness (QED) is 0.492. The fourth-order valence-electron chi connectivity index (χ4n) is 3.98. The molecule has 0 atom stereocenters. The average molecular weight is 292 g/mol. The molecule has 21 heavy (non-hydrogen) atoms.